The van der Waals surface area contributed by atoms with E-state index in [1.54, 1.807) is 20.2 Å². The number of nitrogens with one attached hydrogen (secondary N) is 3. The first kappa shape index (κ1) is 21.5. The van der Waals surface area contributed by atoms with Crippen molar-refractivity contribution in [2.45, 2.75) is 52.3 Å². The molecule has 26 heavy (non-hydrogen) atoms. The molecule has 1 aromatic rings. The molecule has 0 bridgehead atoms. The molecule has 1 rings (SSSR count). The number of pyridine rings is 1. The summed E-state index contributed by atoms with van der Waals surface area (Å²) in [4.78, 5) is 20.5. The predicted molar refractivity (Wildman–Crippen MR) is 102 cm³/mol. The number of methoxy groups -OCH3 is 1. The van der Waals surface area contributed by atoms with Gasteiger partial charge in [0, 0.05) is 19.7 Å². The van der Waals surface area contributed by atoms with Gasteiger partial charge in [-0.1, -0.05) is 6.07 Å². The minimum atomic E-state index is -0.533. The second-order valence-corrected chi connectivity index (χ2v) is 7.46. The highest BCUT2D eigenvalue weighted by atomic mass is 16.6. The van der Waals surface area contributed by atoms with Crippen LogP contribution >= 0.6 is 0 Å². The molecule has 1 heterocycles. The van der Waals surface area contributed by atoms with Crippen LogP contribution < -0.4 is 20.7 Å². The third-order valence-electron chi connectivity index (χ3n) is 3.19. The van der Waals surface area contributed by atoms with Gasteiger partial charge in [0.05, 0.1) is 24.9 Å². The Morgan fingerprint density at radius 3 is 2.46 bits per heavy atom. The molecule has 0 aliphatic rings. The summed E-state index contributed by atoms with van der Waals surface area (Å²) >= 11 is 0. The van der Waals surface area contributed by atoms with Crippen LogP contribution in [0.25, 0.3) is 0 Å². The summed E-state index contributed by atoms with van der Waals surface area (Å²) in [6.07, 6.45) is -0.451. The fourth-order valence-corrected chi connectivity index (χ4v) is 1.99. The molecular weight excluding hydrogens is 334 g/mol. The average Bonchev–Trinajstić information content (AvgIpc) is 2.52. The van der Waals surface area contributed by atoms with E-state index in [9.17, 15) is 4.79 Å². The van der Waals surface area contributed by atoms with E-state index in [4.69, 9.17) is 9.47 Å². The zero-order valence-electron chi connectivity index (χ0n) is 16.8. The monoisotopic (exact) mass is 365 g/mol. The van der Waals surface area contributed by atoms with Gasteiger partial charge in [0.1, 0.15) is 5.60 Å². The lowest BCUT2D eigenvalue weighted by atomic mass is 10.1. The van der Waals surface area contributed by atoms with Crippen LogP contribution in [0.5, 0.6) is 5.88 Å². The molecule has 0 fully saturated rings. The molecule has 0 unspecified atom stereocenters. The zero-order chi connectivity index (χ0) is 19.8. The number of ether oxygens (including phenoxy) is 2. The van der Waals surface area contributed by atoms with Gasteiger partial charge in [0.2, 0.25) is 5.88 Å². The van der Waals surface area contributed by atoms with Crippen molar-refractivity contribution in [3.8, 4) is 5.88 Å². The molecule has 1 amide bonds. The lowest BCUT2D eigenvalue weighted by molar-refractivity contribution is 0.0474. The smallest absolute Gasteiger partial charge is 0.408 e. The quantitative estimate of drug-likeness (QED) is 0.527. The third kappa shape index (κ3) is 8.55. The molecule has 0 saturated carbocycles. The topological polar surface area (TPSA) is 96.9 Å². The van der Waals surface area contributed by atoms with Gasteiger partial charge in [-0.05, 0) is 40.7 Å². The molecule has 0 spiro atoms. The summed E-state index contributed by atoms with van der Waals surface area (Å²) in [5.74, 6) is 1.17. The summed E-state index contributed by atoms with van der Waals surface area (Å²) < 4.78 is 10.4. The highest BCUT2D eigenvalue weighted by molar-refractivity contribution is 5.79. The van der Waals surface area contributed by atoms with Crippen LogP contribution in [0.2, 0.25) is 0 Å². The van der Waals surface area contributed by atoms with Crippen LogP contribution in [0, 0.1) is 0 Å². The molecule has 3 N–H and O–H groups in total. The second-order valence-electron chi connectivity index (χ2n) is 7.46. The van der Waals surface area contributed by atoms with Crippen LogP contribution in [-0.2, 0) is 11.3 Å². The molecule has 0 aliphatic heterocycles. The van der Waals surface area contributed by atoms with Crippen molar-refractivity contribution < 1.29 is 14.3 Å². The van der Waals surface area contributed by atoms with Crippen molar-refractivity contribution in [3.63, 3.8) is 0 Å². The highest BCUT2D eigenvalue weighted by Gasteiger charge is 2.24. The van der Waals surface area contributed by atoms with Crippen LogP contribution in [-0.4, -0.2) is 48.9 Å². The van der Waals surface area contributed by atoms with Crippen molar-refractivity contribution in [1.82, 2.24) is 20.9 Å². The van der Waals surface area contributed by atoms with E-state index in [1.807, 2.05) is 46.8 Å². The van der Waals surface area contributed by atoms with Crippen molar-refractivity contribution >= 4 is 12.1 Å². The highest BCUT2D eigenvalue weighted by Crippen LogP contribution is 2.09. The first-order valence-electron chi connectivity index (χ1n) is 8.50. The number of amides is 1. The minimum absolute atomic E-state index is 0.451. The number of hydrogen-bond acceptors (Lipinski definition) is 5. The van der Waals surface area contributed by atoms with Crippen LogP contribution in [0.15, 0.2) is 23.2 Å². The number of guanidine groups is 1. The molecule has 0 aliphatic carbocycles. The number of carbonyl (C=O) groups is 1. The Morgan fingerprint density at radius 1 is 1.19 bits per heavy atom. The van der Waals surface area contributed by atoms with E-state index >= 15 is 0 Å². The van der Waals surface area contributed by atoms with Gasteiger partial charge < -0.3 is 25.4 Å². The number of carbonyl (C=O) groups excluding carboxylic acids is 1. The Labute approximate surface area is 155 Å². The van der Waals surface area contributed by atoms with E-state index in [0.717, 1.165) is 5.69 Å². The maximum atomic E-state index is 11.9. The maximum absolute atomic E-state index is 11.9. The Morgan fingerprint density at radius 2 is 1.88 bits per heavy atom. The van der Waals surface area contributed by atoms with E-state index < -0.39 is 17.2 Å². The van der Waals surface area contributed by atoms with Crippen LogP contribution in [0.1, 0.15) is 40.3 Å². The first-order valence-corrected chi connectivity index (χ1v) is 8.50. The fraction of sp³-hybridized carbons (Fsp3) is 0.611. The Balaban J connectivity index is 2.50. The molecule has 0 atom stereocenters. The standard InChI is InChI=1S/C18H31N5O3/c1-17(2,3)26-16(24)23-18(4,5)12-21-15(19-6)20-11-13-9-8-10-14(22-13)25-7/h8-10H,11-12H2,1-7H3,(H,23,24)(H2,19,20,21). The van der Waals surface area contributed by atoms with Crippen molar-refractivity contribution in [2.24, 2.45) is 4.99 Å². The fourth-order valence-electron chi connectivity index (χ4n) is 1.99. The van der Waals surface area contributed by atoms with E-state index in [-0.39, 0.29) is 0 Å². The van der Waals surface area contributed by atoms with Crippen LogP contribution in [0.3, 0.4) is 0 Å². The predicted octanol–water partition coefficient (Wildman–Crippen LogP) is 2.06. The molecule has 1 aromatic heterocycles. The maximum Gasteiger partial charge on any atom is 0.408 e. The van der Waals surface area contributed by atoms with Gasteiger partial charge in [0.15, 0.2) is 5.96 Å². The van der Waals surface area contributed by atoms with Gasteiger partial charge in [-0.2, -0.15) is 0 Å². The third-order valence-corrected chi connectivity index (χ3v) is 3.19. The molecule has 0 aromatic carbocycles. The number of rotatable bonds is 6. The number of aromatic nitrogens is 1. The van der Waals surface area contributed by atoms with Crippen LogP contribution in [0.4, 0.5) is 4.79 Å². The number of nitrogens with zero attached hydrogens (tertiary/aromatic N) is 2. The lowest BCUT2D eigenvalue weighted by Crippen LogP contribution is -2.54. The summed E-state index contributed by atoms with van der Waals surface area (Å²) in [6.45, 7) is 10.3. The number of alkyl carbamates (subject to hydrolysis) is 1. The van der Waals surface area contributed by atoms with Gasteiger partial charge >= 0.3 is 6.09 Å². The molecule has 8 heteroatoms. The first-order chi connectivity index (χ1) is 12.0. The second kappa shape index (κ2) is 9.26. The van der Waals surface area contributed by atoms with Crippen molar-refractivity contribution in [3.05, 3.63) is 23.9 Å². The molecule has 146 valence electrons. The van der Waals surface area contributed by atoms with Gasteiger partial charge in [-0.3, -0.25) is 4.99 Å². The van der Waals surface area contributed by atoms with Gasteiger partial charge in [-0.15, -0.1) is 0 Å². The van der Waals surface area contributed by atoms with E-state index in [0.29, 0.717) is 24.9 Å². The molecule has 0 radical (unpaired) electrons. The minimum Gasteiger partial charge on any atom is -0.481 e. The summed E-state index contributed by atoms with van der Waals surface area (Å²) in [5, 5.41) is 9.21. The van der Waals surface area contributed by atoms with Crippen molar-refractivity contribution in [2.75, 3.05) is 20.7 Å². The summed E-state index contributed by atoms with van der Waals surface area (Å²) in [7, 11) is 3.27. The Hall–Kier alpha value is -2.51. The van der Waals surface area contributed by atoms with E-state index in [2.05, 4.69) is 25.9 Å². The zero-order valence-corrected chi connectivity index (χ0v) is 16.8. The van der Waals surface area contributed by atoms with Gasteiger partial charge in [-0.25, -0.2) is 9.78 Å². The summed E-state index contributed by atoms with van der Waals surface area (Å²) in [5.41, 5.74) is -0.221. The number of hydrogen-bond donors (Lipinski definition) is 3. The SMILES string of the molecule is CN=C(NCc1cccc(OC)n1)NCC(C)(C)NC(=O)OC(C)(C)C. The largest absolute Gasteiger partial charge is 0.481 e. The van der Waals surface area contributed by atoms with E-state index in [1.165, 1.54) is 0 Å². The average molecular weight is 365 g/mol. The van der Waals surface area contributed by atoms with Crippen molar-refractivity contribution in [1.29, 1.82) is 0 Å². The Bertz CT molecular complexity index is 623. The lowest BCUT2D eigenvalue weighted by Gasteiger charge is -2.29. The Kier molecular flexibility index (Phi) is 7.67. The molecule has 0 saturated heterocycles. The van der Waals surface area contributed by atoms with Gasteiger partial charge in [0.25, 0.3) is 0 Å². The summed E-state index contributed by atoms with van der Waals surface area (Å²) in [6, 6.07) is 5.57. The number of aliphatic imine (C=N–C) groups is 1. The molecule has 8 nitrogen and oxygen atoms in total. The normalized spacial score (nSPS) is 12.3. The molecular formula is C18H31N5O3.